The summed E-state index contributed by atoms with van der Waals surface area (Å²) < 4.78 is 4.74. The second-order valence-corrected chi connectivity index (χ2v) is 2.56. The van der Waals surface area contributed by atoms with Gasteiger partial charge in [0.25, 0.3) is 0 Å². The highest BCUT2D eigenvalue weighted by atomic mass is 16.5. The average Bonchev–Trinajstić information content (AvgIpc) is 2.11. The van der Waals surface area contributed by atoms with Gasteiger partial charge in [-0.3, -0.25) is 4.79 Å². The molecule has 0 bridgehead atoms. The molecule has 3 heteroatoms. The SMILES string of the molecule is CCOC(=O)CC/C=C\CCC=O. The van der Waals surface area contributed by atoms with Gasteiger partial charge in [-0.15, -0.1) is 0 Å². The number of ether oxygens (including phenoxy) is 1. The van der Waals surface area contributed by atoms with Crippen LogP contribution in [0.15, 0.2) is 12.2 Å². The molecule has 0 radical (unpaired) electrons. The summed E-state index contributed by atoms with van der Waals surface area (Å²) in [5, 5.41) is 0. The fourth-order valence-corrected chi connectivity index (χ4v) is 0.834. The van der Waals surface area contributed by atoms with Crippen LogP contribution in [0.4, 0.5) is 0 Å². The van der Waals surface area contributed by atoms with Crippen molar-refractivity contribution in [2.75, 3.05) is 6.61 Å². The zero-order chi connectivity index (χ0) is 9.94. The number of hydrogen-bond acceptors (Lipinski definition) is 3. The number of esters is 1. The third kappa shape index (κ3) is 8.79. The molecule has 0 aromatic carbocycles. The standard InChI is InChI=1S/C10H16O3/c1-2-13-10(12)8-6-4-3-5-7-9-11/h3-4,9H,2,5-8H2,1H3/b4-3-. The summed E-state index contributed by atoms with van der Waals surface area (Å²) in [4.78, 5) is 20.7. The van der Waals surface area contributed by atoms with E-state index in [1.54, 1.807) is 6.92 Å². The van der Waals surface area contributed by atoms with Gasteiger partial charge < -0.3 is 9.53 Å². The van der Waals surface area contributed by atoms with Gasteiger partial charge >= 0.3 is 5.97 Å². The summed E-state index contributed by atoms with van der Waals surface area (Å²) in [7, 11) is 0. The molecule has 0 aliphatic rings. The molecule has 0 aromatic rings. The Bertz CT molecular complexity index is 173. The Kier molecular flexibility index (Phi) is 8.20. The molecule has 0 saturated carbocycles. The van der Waals surface area contributed by atoms with Crippen LogP contribution in [0.2, 0.25) is 0 Å². The number of carbonyl (C=O) groups excluding carboxylic acids is 2. The van der Waals surface area contributed by atoms with Crippen molar-refractivity contribution in [1.82, 2.24) is 0 Å². The molecule has 0 fully saturated rings. The van der Waals surface area contributed by atoms with Crippen molar-refractivity contribution in [3.8, 4) is 0 Å². The second-order valence-electron chi connectivity index (χ2n) is 2.56. The van der Waals surface area contributed by atoms with E-state index in [0.29, 0.717) is 25.9 Å². The number of allylic oxidation sites excluding steroid dienone is 2. The van der Waals surface area contributed by atoms with E-state index in [2.05, 4.69) is 0 Å². The highest BCUT2D eigenvalue weighted by Gasteiger charge is 1.97. The van der Waals surface area contributed by atoms with Gasteiger partial charge in [0.1, 0.15) is 6.29 Å². The maximum absolute atomic E-state index is 10.8. The van der Waals surface area contributed by atoms with Crippen LogP contribution in [-0.2, 0) is 14.3 Å². The van der Waals surface area contributed by atoms with Crippen molar-refractivity contribution >= 4 is 12.3 Å². The van der Waals surface area contributed by atoms with E-state index in [1.165, 1.54) is 0 Å². The van der Waals surface area contributed by atoms with Gasteiger partial charge in [0, 0.05) is 12.8 Å². The molecule has 0 rings (SSSR count). The minimum atomic E-state index is -0.164. The number of hydrogen-bond donors (Lipinski definition) is 0. The molecule has 0 amide bonds. The monoisotopic (exact) mass is 184 g/mol. The van der Waals surface area contributed by atoms with Crippen LogP contribution in [0.5, 0.6) is 0 Å². The lowest BCUT2D eigenvalue weighted by Gasteiger charge is -1.97. The van der Waals surface area contributed by atoms with Gasteiger partial charge in [0.2, 0.25) is 0 Å². The summed E-state index contributed by atoms with van der Waals surface area (Å²) in [6.07, 6.45) is 7.12. The van der Waals surface area contributed by atoms with Crippen molar-refractivity contribution in [3.63, 3.8) is 0 Å². The molecule has 0 heterocycles. The molecule has 0 unspecified atom stereocenters. The first-order valence-electron chi connectivity index (χ1n) is 4.55. The highest BCUT2D eigenvalue weighted by Crippen LogP contribution is 1.96. The zero-order valence-electron chi connectivity index (χ0n) is 7.99. The fraction of sp³-hybridized carbons (Fsp3) is 0.600. The molecular weight excluding hydrogens is 168 g/mol. The zero-order valence-corrected chi connectivity index (χ0v) is 7.99. The van der Waals surface area contributed by atoms with Crippen LogP contribution in [0.3, 0.4) is 0 Å². The Hall–Kier alpha value is -1.12. The first-order valence-corrected chi connectivity index (χ1v) is 4.55. The lowest BCUT2D eigenvalue weighted by molar-refractivity contribution is -0.143. The van der Waals surface area contributed by atoms with E-state index in [0.717, 1.165) is 12.7 Å². The summed E-state index contributed by atoms with van der Waals surface area (Å²) in [6.45, 7) is 2.23. The summed E-state index contributed by atoms with van der Waals surface area (Å²) >= 11 is 0. The summed E-state index contributed by atoms with van der Waals surface area (Å²) in [5.74, 6) is -0.164. The molecule has 0 atom stereocenters. The minimum Gasteiger partial charge on any atom is -0.466 e. The highest BCUT2D eigenvalue weighted by molar-refractivity contribution is 5.69. The van der Waals surface area contributed by atoms with E-state index in [4.69, 9.17) is 4.74 Å². The quantitative estimate of drug-likeness (QED) is 0.262. The normalized spacial score (nSPS) is 10.2. The lowest BCUT2D eigenvalue weighted by Crippen LogP contribution is -2.02. The molecule has 13 heavy (non-hydrogen) atoms. The predicted octanol–water partition coefficient (Wildman–Crippen LogP) is 1.86. The number of carbonyl (C=O) groups is 2. The van der Waals surface area contributed by atoms with Gasteiger partial charge in [-0.05, 0) is 19.8 Å². The second kappa shape index (κ2) is 8.97. The maximum Gasteiger partial charge on any atom is 0.306 e. The van der Waals surface area contributed by atoms with Gasteiger partial charge in [0.15, 0.2) is 0 Å². The number of aldehydes is 1. The molecule has 0 spiro atoms. The number of rotatable bonds is 7. The fourth-order valence-electron chi connectivity index (χ4n) is 0.834. The van der Waals surface area contributed by atoms with Crippen LogP contribution in [-0.4, -0.2) is 18.9 Å². The Labute approximate surface area is 78.8 Å². The van der Waals surface area contributed by atoms with Crippen LogP contribution >= 0.6 is 0 Å². The molecule has 0 aliphatic heterocycles. The maximum atomic E-state index is 10.8. The molecule has 3 nitrogen and oxygen atoms in total. The van der Waals surface area contributed by atoms with E-state index in [-0.39, 0.29) is 5.97 Å². The van der Waals surface area contributed by atoms with Crippen molar-refractivity contribution in [3.05, 3.63) is 12.2 Å². The third-order valence-corrected chi connectivity index (χ3v) is 1.44. The smallest absolute Gasteiger partial charge is 0.306 e. The largest absolute Gasteiger partial charge is 0.466 e. The Morgan fingerprint density at radius 3 is 2.54 bits per heavy atom. The van der Waals surface area contributed by atoms with E-state index in [1.807, 2.05) is 12.2 Å². The predicted molar refractivity (Wildman–Crippen MR) is 50.3 cm³/mol. The number of unbranched alkanes of at least 4 members (excludes halogenated alkanes) is 1. The van der Waals surface area contributed by atoms with E-state index in [9.17, 15) is 9.59 Å². The van der Waals surface area contributed by atoms with Crippen LogP contribution < -0.4 is 0 Å². The molecule has 0 saturated heterocycles. The van der Waals surface area contributed by atoms with Gasteiger partial charge in [-0.1, -0.05) is 12.2 Å². The van der Waals surface area contributed by atoms with Crippen LogP contribution in [0.1, 0.15) is 32.6 Å². The summed E-state index contributed by atoms with van der Waals surface area (Å²) in [6, 6.07) is 0. The Morgan fingerprint density at radius 1 is 1.23 bits per heavy atom. The van der Waals surface area contributed by atoms with E-state index < -0.39 is 0 Å². The van der Waals surface area contributed by atoms with Gasteiger partial charge in [0.05, 0.1) is 6.61 Å². The van der Waals surface area contributed by atoms with Crippen molar-refractivity contribution in [2.45, 2.75) is 32.6 Å². The van der Waals surface area contributed by atoms with Crippen molar-refractivity contribution in [1.29, 1.82) is 0 Å². The van der Waals surface area contributed by atoms with Crippen LogP contribution in [0, 0.1) is 0 Å². The molecule has 0 N–H and O–H groups in total. The van der Waals surface area contributed by atoms with E-state index >= 15 is 0 Å². The first-order chi connectivity index (χ1) is 6.31. The topological polar surface area (TPSA) is 43.4 Å². The van der Waals surface area contributed by atoms with Crippen molar-refractivity contribution < 1.29 is 14.3 Å². The Balaban J connectivity index is 3.27. The molecule has 74 valence electrons. The van der Waals surface area contributed by atoms with Crippen molar-refractivity contribution in [2.24, 2.45) is 0 Å². The van der Waals surface area contributed by atoms with Crippen LogP contribution in [0.25, 0.3) is 0 Å². The van der Waals surface area contributed by atoms with Gasteiger partial charge in [-0.25, -0.2) is 0 Å². The average molecular weight is 184 g/mol. The molecule has 0 aromatic heterocycles. The third-order valence-electron chi connectivity index (χ3n) is 1.44. The molecule has 0 aliphatic carbocycles. The van der Waals surface area contributed by atoms with Gasteiger partial charge in [-0.2, -0.15) is 0 Å². The minimum absolute atomic E-state index is 0.164. The summed E-state index contributed by atoms with van der Waals surface area (Å²) in [5.41, 5.74) is 0. The Morgan fingerprint density at radius 2 is 1.92 bits per heavy atom. The first kappa shape index (κ1) is 11.9. The lowest BCUT2D eigenvalue weighted by atomic mass is 10.2. The molecular formula is C10H16O3.